The number of para-hydroxylation sites is 1. The van der Waals surface area contributed by atoms with Crippen molar-refractivity contribution in [1.29, 1.82) is 0 Å². The van der Waals surface area contributed by atoms with Crippen molar-refractivity contribution in [3.05, 3.63) is 105 Å². The molecule has 7 nitrogen and oxygen atoms in total. The Morgan fingerprint density at radius 1 is 0.970 bits per heavy atom. The van der Waals surface area contributed by atoms with Gasteiger partial charge in [-0.25, -0.2) is 9.18 Å². The fourth-order valence-corrected chi connectivity index (χ4v) is 3.61. The number of hydrogen-bond donors (Lipinski definition) is 1. The Hall–Kier alpha value is -4.20. The average molecular weight is 447 g/mol. The molecule has 0 aliphatic heterocycles. The third-order valence-electron chi connectivity index (χ3n) is 5.16. The van der Waals surface area contributed by atoms with E-state index in [-0.39, 0.29) is 31.1 Å². The standard InChI is InChI=1S/C25H22FN3O4/c1-2-28-24(31)21-11-3-4-12-22(21)29(25(28)32)15-23(30)27-19-9-5-7-17(13-19)16-33-20-10-6-8-18(26)14-20/h3-14H,2,15-16H2,1H3,(H,27,30). The summed E-state index contributed by atoms with van der Waals surface area (Å²) in [6, 6.07) is 19.6. The zero-order valence-corrected chi connectivity index (χ0v) is 18.0. The van der Waals surface area contributed by atoms with Crippen LogP contribution >= 0.6 is 0 Å². The number of nitrogens with zero attached hydrogens (tertiary/aromatic N) is 2. The normalized spacial score (nSPS) is 10.8. The lowest BCUT2D eigenvalue weighted by molar-refractivity contribution is -0.116. The molecule has 0 aliphatic carbocycles. The van der Waals surface area contributed by atoms with Crippen LogP contribution in [-0.4, -0.2) is 15.0 Å². The maximum atomic E-state index is 13.3. The molecule has 0 saturated heterocycles. The van der Waals surface area contributed by atoms with Gasteiger partial charge in [-0.15, -0.1) is 0 Å². The van der Waals surface area contributed by atoms with Gasteiger partial charge < -0.3 is 10.1 Å². The van der Waals surface area contributed by atoms with Gasteiger partial charge in [0.25, 0.3) is 5.56 Å². The highest BCUT2D eigenvalue weighted by Gasteiger charge is 2.14. The first-order chi connectivity index (χ1) is 16.0. The van der Waals surface area contributed by atoms with Crippen LogP contribution in [0.15, 0.2) is 82.4 Å². The molecule has 0 fully saturated rings. The van der Waals surface area contributed by atoms with Crippen molar-refractivity contribution in [2.24, 2.45) is 0 Å². The zero-order chi connectivity index (χ0) is 23.4. The van der Waals surface area contributed by atoms with Gasteiger partial charge >= 0.3 is 5.69 Å². The number of aromatic nitrogens is 2. The molecule has 0 aliphatic rings. The second kappa shape index (κ2) is 9.52. The van der Waals surface area contributed by atoms with Crippen LogP contribution in [0.2, 0.25) is 0 Å². The Morgan fingerprint density at radius 2 is 1.76 bits per heavy atom. The monoisotopic (exact) mass is 447 g/mol. The predicted molar refractivity (Wildman–Crippen MR) is 124 cm³/mol. The number of carbonyl (C=O) groups is 1. The molecule has 4 aromatic rings. The molecule has 1 heterocycles. The first kappa shape index (κ1) is 22.0. The number of ether oxygens (including phenoxy) is 1. The summed E-state index contributed by atoms with van der Waals surface area (Å²) in [6.45, 7) is 1.86. The number of anilines is 1. The van der Waals surface area contributed by atoms with Gasteiger partial charge in [0.1, 0.15) is 24.7 Å². The Bertz CT molecular complexity index is 1440. The first-order valence-corrected chi connectivity index (χ1v) is 10.5. The summed E-state index contributed by atoms with van der Waals surface area (Å²) in [5.41, 5.74) is 0.805. The van der Waals surface area contributed by atoms with Gasteiger partial charge in [-0.2, -0.15) is 0 Å². The molecule has 1 amide bonds. The molecule has 0 radical (unpaired) electrons. The largest absolute Gasteiger partial charge is 0.489 e. The van der Waals surface area contributed by atoms with Crippen molar-refractivity contribution in [3.63, 3.8) is 0 Å². The summed E-state index contributed by atoms with van der Waals surface area (Å²) in [5, 5.41) is 3.16. The van der Waals surface area contributed by atoms with Gasteiger partial charge in [0.05, 0.1) is 10.9 Å². The molecule has 0 saturated carbocycles. The smallest absolute Gasteiger partial charge is 0.331 e. The van der Waals surface area contributed by atoms with Crippen LogP contribution in [0.3, 0.4) is 0 Å². The molecular formula is C25H22FN3O4. The van der Waals surface area contributed by atoms with E-state index in [0.717, 1.165) is 10.1 Å². The third-order valence-corrected chi connectivity index (χ3v) is 5.16. The summed E-state index contributed by atoms with van der Waals surface area (Å²) < 4.78 is 21.3. The van der Waals surface area contributed by atoms with Crippen molar-refractivity contribution >= 4 is 22.5 Å². The van der Waals surface area contributed by atoms with E-state index in [4.69, 9.17) is 4.74 Å². The summed E-state index contributed by atoms with van der Waals surface area (Å²) in [4.78, 5) is 38.1. The number of hydrogen-bond acceptors (Lipinski definition) is 4. The molecule has 0 atom stereocenters. The molecule has 0 spiro atoms. The summed E-state index contributed by atoms with van der Waals surface area (Å²) in [5.74, 6) is -0.390. The van der Waals surface area contributed by atoms with E-state index < -0.39 is 11.6 Å². The lowest BCUT2D eigenvalue weighted by atomic mass is 10.2. The number of fused-ring (bicyclic) bond motifs is 1. The first-order valence-electron chi connectivity index (χ1n) is 10.5. The van der Waals surface area contributed by atoms with Crippen LogP contribution in [0.1, 0.15) is 12.5 Å². The number of halogens is 1. The van der Waals surface area contributed by atoms with E-state index in [1.54, 1.807) is 61.5 Å². The van der Waals surface area contributed by atoms with Crippen LogP contribution in [0, 0.1) is 5.82 Å². The van der Waals surface area contributed by atoms with E-state index >= 15 is 0 Å². The van der Waals surface area contributed by atoms with Gasteiger partial charge in [-0.3, -0.25) is 18.7 Å². The molecule has 0 bridgehead atoms. The minimum absolute atomic E-state index is 0.193. The van der Waals surface area contributed by atoms with Crippen LogP contribution in [0.4, 0.5) is 10.1 Å². The molecular weight excluding hydrogens is 425 g/mol. The topological polar surface area (TPSA) is 82.3 Å². The zero-order valence-electron chi connectivity index (χ0n) is 18.0. The van der Waals surface area contributed by atoms with Gasteiger partial charge in [0, 0.05) is 18.3 Å². The Morgan fingerprint density at radius 3 is 2.55 bits per heavy atom. The summed E-state index contributed by atoms with van der Waals surface area (Å²) in [6.07, 6.45) is 0. The number of amides is 1. The highest BCUT2D eigenvalue weighted by Crippen LogP contribution is 2.16. The fourth-order valence-electron chi connectivity index (χ4n) is 3.61. The third kappa shape index (κ3) is 4.85. The van der Waals surface area contributed by atoms with Crippen LogP contribution in [0.25, 0.3) is 10.9 Å². The van der Waals surface area contributed by atoms with Gasteiger partial charge in [-0.1, -0.05) is 30.3 Å². The fraction of sp³-hybridized carbons (Fsp3) is 0.160. The number of benzene rings is 3. The highest BCUT2D eigenvalue weighted by atomic mass is 19.1. The molecule has 1 aromatic heterocycles. The Kier molecular flexibility index (Phi) is 6.35. The lowest BCUT2D eigenvalue weighted by Crippen LogP contribution is -2.41. The maximum Gasteiger partial charge on any atom is 0.331 e. The molecule has 8 heteroatoms. The molecule has 168 valence electrons. The Labute approximate surface area is 188 Å². The minimum Gasteiger partial charge on any atom is -0.489 e. The second-order valence-electron chi connectivity index (χ2n) is 7.43. The van der Waals surface area contributed by atoms with Crippen molar-refractivity contribution in [2.75, 3.05) is 5.32 Å². The van der Waals surface area contributed by atoms with Crippen LogP contribution < -0.4 is 21.3 Å². The van der Waals surface area contributed by atoms with Gasteiger partial charge in [0.15, 0.2) is 0 Å². The van der Waals surface area contributed by atoms with E-state index in [2.05, 4.69) is 5.32 Å². The second-order valence-corrected chi connectivity index (χ2v) is 7.43. The van der Waals surface area contributed by atoms with Crippen molar-refractivity contribution in [2.45, 2.75) is 26.6 Å². The minimum atomic E-state index is -0.534. The van der Waals surface area contributed by atoms with Crippen LogP contribution in [-0.2, 0) is 24.5 Å². The lowest BCUT2D eigenvalue weighted by Gasteiger charge is -2.13. The van der Waals surface area contributed by atoms with E-state index in [9.17, 15) is 18.8 Å². The quantitative estimate of drug-likeness (QED) is 0.470. The average Bonchev–Trinajstić information content (AvgIpc) is 2.81. The number of rotatable bonds is 7. The molecule has 33 heavy (non-hydrogen) atoms. The van der Waals surface area contributed by atoms with Crippen molar-refractivity contribution < 1.29 is 13.9 Å². The van der Waals surface area contributed by atoms with Crippen molar-refractivity contribution in [1.82, 2.24) is 9.13 Å². The van der Waals surface area contributed by atoms with Gasteiger partial charge in [0.2, 0.25) is 5.91 Å². The van der Waals surface area contributed by atoms with E-state index in [1.165, 1.54) is 16.7 Å². The maximum absolute atomic E-state index is 13.3. The van der Waals surface area contributed by atoms with Crippen molar-refractivity contribution in [3.8, 4) is 5.75 Å². The molecule has 1 N–H and O–H groups in total. The molecule has 4 rings (SSSR count). The van der Waals surface area contributed by atoms with Crippen LogP contribution in [0.5, 0.6) is 5.75 Å². The number of carbonyl (C=O) groups excluding carboxylic acids is 1. The number of nitrogens with one attached hydrogen (secondary N) is 1. The SMILES string of the molecule is CCn1c(=O)c2ccccc2n(CC(=O)Nc2cccc(COc3cccc(F)c3)c2)c1=O. The Balaban J connectivity index is 1.52. The van der Waals surface area contributed by atoms with Gasteiger partial charge in [-0.05, 0) is 48.9 Å². The molecule has 0 unspecified atom stereocenters. The summed E-state index contributed by atoms with van der Waals surface area (Å²) >= 11 is 0. The van der Waals surface area contributed by atoms with E-state index in [1.807, 2.05) is 6.07 Å². The highest BCUT2D eigenvalue weighted by molar-refractivity contribution is 5.91. The van der Waals surface area contributed by atoms with E-state index in [0.29, 0.717) is 22.3 Å². The predicted octanol–water partition coefficient (Wildman–Crippen LogP) is 3.54. The molecule has 3 aromatic carbocycles. The summed E-state index contributed by atoms with van der Waals surface area (Å²) in [7, 11) is 0.